The van der Waals surface area contributed by atoms with Crippen molar-refractivity contribution < 1.29 is 14.7 Å². The number of aryl methyl sites for hydroxylation is 1. The number of carbonyl (C=O) groups is 2. The molecule has 1 aromatic heterocycles. The van der Waals surface area contributed by atoms with E-state index in [0.717, 1.165) is 0 Å². The van der Waals surface area contributed by atoms with Crippen LogP contribution in [0.3, 0.4) is 0 Å². The van der Waals surface area contributed by atoms with Crippen LogP contribution >= 0.6 is 0 Å². The third-order valence-electron chi connectivity index (χ3n) is 2.98. The molecule has 2 heterocycles. The van der Waals surface area contributed by atoms with Crippen molar-refractivity contribution in [2.45, 2.75) is 19.9 Å². The maximum atomic E-state index is 11.6. The largest absolute Gasteiger partial charge is 0.478 e. The van der Waals surface area contributed by atoms with Gasteiger partial charge in [-0.1, -0.05) is 0 Å². The van der Waals surface area contributed by atoms with Gasteiger partial charge in [0.15, 0.2) is 0 Å². The second-order valence-corrected chi connectivity index (χ2v) is 4.32. The normalized spacial score (nSPS) is 19.6. The van der Waals surface area contributed by atoms with Crippen molar-refractivity contribution in [3.63, 3.8) is 0 Å². The molecule has 1 amide bonds. The zero-order chi connectivity index (χ0) is 13.3. The number of carbonyl (C=O) groups excluding carboxylic acids is 1. The third-order valence-corrected chi connectivity index (χ3v) is 2.98. The van der Waals surface area contributed by atoms with Gasteiger partial charge in [-0.3, -0.25) is 4.79 Å². The summed E-state index contributed by atoms with van der Waals surface area (Å²) >= 11 is 0. The highest BCUT2D eigenvalue weighted by Gasteiger charge is 2.27. The van der Waals surface area contributed by atoms with Gasteiger partial charge in [0.05, 0.1) is 5.56 Å². The fourth-order valence-corrected chi connectivity index (χ4v) is 2.02. The van der Waals surface area contributed by atoms with Crippen LogP contribution in [-0.4, -0.2) is 41.1 Å². The van der Waals surface area contributed by atoms with Crippen molar-refractivity contribution in [3.8, 4) is 0 Å². The fourth-order valence-electron chi connectivity index (χ4n) is 2.02. The number of nitrogens with zero attached hydrogens (tertiary/aromatic N) is 2. The quantitative estimate of drug-likeness (QED) is 0.793. The number of aromatic carboxylic acids is 1. The van der Waals surface area contributed by atoms with E-state index in [-0.39, 0.29) is 17.5 Å². The molecular weight excluding hydrogens is 234 g/mol. The van der Waals surface area contributed by atoms with Crippen LogP contribution in [0.25, 0.3) is 0 Å². The van der Waals surface area contributed by atoms with E-state index in [1.165, 1.54) is 12.1 Å². The highest BCUT2D eigenvalue weighted by Crippen LogP contribution is 2.19. The minimum atomic E-state index is -0.990. The van der Waals surface area contributed by atoms with Gasteiger partial charge in [0.2, 0.25) is 5.91 Å². The number of hydrogen-bond acceptors (Lipinski definition) is 4. The molecule has 0 bridgehead atoms. The van der Waals surface area contributed by atoms with Crippen LogP contribution in [0.1, 0.15) is 23.0 Å². The van der Waals surface area contributed by atoms with Gasteiger partial charge >= 0.3 is 5.97 Å². The van der Waals surface area contributed by atoms with Gasteiger partial charge < -0.3 is 15.3 Å². The van der Waals surface area contributed by atoms with Crippen molar-refractivity contribution in [2.75, 3.05) is 18.0 Å². The number of anilines is 1. The number of carboxylic acids is 1. The molecule has 1 aromatic rings. The predicted octanol–water partition coefficient (Wildman–Crippen LogP) is 0.413. The molecule has 1 unspecified atom stereocenters. The van der Waals surface area contributed by atoms with Gasteiger partial charge in [-0.25, -0.2) is 9.78 Å². The molecule has 1 fully saturated rings. The van der Waals surface area contributed by atoms with Gasteiger partial charge in [-0.05, 0) is 26.0 Å². The lowest BCUT2D eigenvalue weighted by molar-refractivity contribution is -0.122. The topological polar surface area (TPSA) is 82.5 Å². The van der Waals surface area contributed by atoms with Crippen LogP contribution in [0.2, 0.25) is 0 Å². The number of rotatable bonds is 2. The zero-order valence-corrected chi connectivity index (χ0v) is 10.3. The average Bonchev–Trinajstić information content (AvgIpc) is 2.31. The van der Waals surface area contributed by atoms with E-state index in [1.54, 1.807) is 13.8 Å². The van der Waals surface area contributed by atoms with Crippen LogP contribution < -0.4 is 10.2 Å². The number of pyridine rings is 1. The lowest BCUT2D eigenvalue weighted by atomic mass is 10.1. The van der Waals surface area contributed by atoms with Crippen LogP contribution in [0.5, 0.6) is 0 Å². The maximum Gasteiger partial charge on any atom is 0.335 e. The second kappa shape index (κ2) is 4.64. The first-order valence-electron chi connectivity index (χ1n) is 5.75. The predicted molar refractivity (Wildman–Crippen MR) is 65.8 cm³/mol. The Balaban J connectivity index is 2.38. The Bertz CT molecular complexity index is 501. The van der Waals surface area contributed by atoms with Gasteiger partial charge in [0.1, 0.15) is 11.9 Å². The molecule has 1 aliphatic heterocycles. The minimum Gasteiger partial charge on any atom is -0.478 e. The first kappa shape index (κ1) is 12.3. The lowest BCUT2D eigenvalue weighted by Crippen LogP contribution is -2.54. The summed E-state index contributed by atoms with van der Waals surface area (Å²) < 4.78 is 0. The summed E-state index contributed by atoms with van der Waals surface area (Å²) in [7, 11) is 0. The molecule has 18 heavy (non-hydrogen) atoms. The Morgan fingerprint density at radius 3 is 2.94 bits per heavy atom. The Labute approximate surface area is 105 Å². The molecule has 0 aromatic carbocycles. The molecule has 96 valence electrons. The average molecular weight is 249 g/mol. The van der Waals surface area contributed by atoms with Gasteiger partial charge in [0, 0.05) is 18.8 Å². The molecule has 0 spiro atoms. The summed E-state index contributed by atoms with van der Waals surface area (Å²) in [6.45, 7) is 4.69. The Hall–Kier alpha value is -2.11. The van der Waals surface area contributed by atoms with E-state index >= 15 is 0 Å². The smallest absolute Gasteiger partial charge is 0.335 e. The number of amides is 1. The number of hydrogen-bond donors (Lipinski definition) is 2. The van der Waals surface area contributed by atoms with Gasteiger partial charge in [0.25, 0.3) is 0 Å². The third kappa shape index (κ3) is 2.27. The fraction of sp³-hybridized carbons (Fsp3) is 0.417. The first-order valence-corrected chi connectivity index (χ1v) is 5.75. The SMILES string of the molecule is Cc1cc(C(=O)O)cc(N2CCNC(=O)C2C)n1. The molecule has 0 radical (unpaired) electrons. The number of piperazine rings is 1. The van der Waals surface area contributed by atoms with Crippen molar-refractivity contribution >= 4 is 17.7 Å². The summed E-state index contributed by atoms with van der Waals surface area (Å²) in [6.07, 6.45) is 0. The van der Waals surface area contributed by atoms with E-state index in [0.29, 0.717) is 24.6 Å². The van der Waals surface area contributed by atoms with E-state index in [2.05, 4.69) is 10.3 Å². The van der Waals surface area contributed by atoms with Crippen molar-refractivity contribution in [1.29, 1.82) is 0 Å². The van der Waals surface area contributed by atoms with E-state index < -0.39 is 5.97 Å². The zero-order valence-electron chi connectivity index (χ0n) is 10.3. The number of aromatic nitrogens is 1. The second-order valence-electron chi connectivity index (χ2n) is 4.32. The summed E-state index contributed by atoms with van der Waals surface area (Å²) in [6, 6.07) is 2.68. The summed E-state index contributed by atoms with van der Waals surface area (Å²) in [5.74, 6) is -0.521. The minimum absolute atomic E-state index is 0.0681. The molecule has 6 heteroatoms. The lowest BCUT2D eigenvalue weighted by Gasteiger charge is -2.34. The molecule has 2 rings (SSSR count). The standard InChI is InChI=1S/C12H15N3O3/c1-7-5-9(12(17)18)6-10(14-7)15-4-3-13-11(16)8(15)2/h5-6,8H,3-4H2,1-2H3,(H,13,16)(H,17,18). The molecule has 6 nitrogen and oxygen atoms in total. The highest BCUT2D eigenvalue weighted by atomic mass is 16.4. The molecular formula is C12H15N3O3. The molecule has 0 aliphatic carbocycles. The monoisotopic (exact) mass is 249 g/mol. The Kier molecular flexibility index (Phi) is 3.18. The molecule has 1 saturated heterocycles. The van der Waals surface area contributed by atoms with Crippen molar-refractivity contribution in [1.82, 2.24) is 10.3 Å². The van der Waals surface area contributed by atoms with Crippen LogP contribution in [-0.2, 0) is 4.79 Å². The van der Waals surface area contributed by atoms with Gasteiger partial charge in [-0.2, -0.15) is 0 Å². The summed E-state index contributed by atoms with van der Waals surface area (Å²) in [5, 5.41) is 11.8. The van der Waals surface area contributed by atoms with E-state index in [4.69, 9.17) is 5.11 Å². The van der Waals surface area contributed by atoms with Crippen LogP contribution in [0.15, 0.2) is 12.1 Å². The summed E-state index contributed by atoms with van der Waals surface area (Å²) in [4.78, 5) is 28.7. The van der Waals surface area contributed by atoms with Crippen LogP contribution in [0.4, 0.5) is 5.82 Å². The van der Waals surface area contributed by atoms with Gasteiger partial charge in [-0.15, -0.1) is 0 Å². The summed E-state index contributed by atoms with van der Waals surface area (Å²) in [5.41, 5.74) is 0.818. The molecule has 1 aliphatic rings. The van der Waals surface area contributed by atoms with E-state index in [9.17, 15) is 9.59 Å². The molecule has 0 saturated carbocycles. The Morgan fingerprint density at radius 2 is 2.28 bits per heavy atom. The number of carboxylic acid groups (broad SMARTS) is 1. The van der Waals surface area contributed by atoms with E-state index in [1.807, 2.05) is 4.90 Å². The van der Waals surface area contributed by atoms with Crippen molar-refractivity contribution in [2.24, 2.45) is 0 Å². The Morgan fingerprint density at radius 1 is 1.56 bits per heavy atom. The van der Waals surface area contributed by atoms with Crippen molar-refractivity contribution in [3.05, 3.63) is 23.4 Å². The number of nitrogens with one attached hydrogen (secondary N) is 1. The molecule has 1 atom stereocenters. The molecule has 2 N–H and O–H groups in total. The highest BCUT2D eigenvalue weighted by molar-refractivity contribution is 5.90. The first-order chi connectivity index (χ1) is 8.49. The van der Waals surface area contributed by atoms with Crippen LogP contribution in [0, 0.1) is 6.92 Å². The maximum absolute atomic E-state index is 11.6.